The predicted octanol–water partition coefficient (Wildman–Crippen LogP) is 1.40. The average Bonchev–Trinajstić information content (AvgIpc) is 2.15. The van der Waals surface area contributed by atoms with E-state index < -0.39 is 0 Å². The number of aldehydes is 1. The summed E-state index contributed by atoms with van der Waals surface area (Å²) in [4.78, 5) is 13.0. The number of thioether (sulfide) groups is 1. The van der Waals surface area contributed by atoms with Crippen LogP contribution >= 0.6 is 11.8 Å². The van der Waals surface area contributed by atoms with Crippen LogP contribution in [0, 0.1) is 0 Å². The van der Waals surface area contributed by atoms with Crippen molar-refractivity contribution in [2.75, 3.05) is 25.1 Å². The molecule has 3 heteroatoms. The highest BCUT2D eigenvalue weighted by Gasteiger charge is 2.20. The Balaban J connectivity index is 2.31. The molecule has 0 aromatic heterocycles. The summed E-state index contributed by atoms with van der Waals surface area (Å²) in [6.45, 7) is 2.19. The molecule has 0 aliphatic carbocycles. The molecule has 2 nitrogen and oxygen atoms in total. The molecule has 0 spiro atoms. The smallest absolute Gasteiger partial charge is 0.137 e. The quantitative estimate of drug-likeness (QED) is 0.621. The average molecular weight is 187 g/mol. The second-order valence-corrected chi connectivity index (χ2v) is 4.21. The third-order valence-electron chi connectivity index (χ3n) is 2.40. The first-order valence-corrected chi connectivity index (χ1v) is 5.96. The van der Waals surface area contributed by atoms with Crippen LogP contribution < -0.4 is 0 Å². The van der Waals surface area contributed by atoms with Crippen molar-refractivity contribution in [3.8, 4) is 0 Å². The summed E-state index contributed by atoms with van der Waals surface area (Å²) in [7, 11) is 0. The maximum absolute atomic E-state index is 10.7. The Morgan fingerprint density at radius 2 is 2.42 bits per heavy atom. The highest BCUT2D eigenvalue weighted by atomic mass is 32.2. The zero-order chi connectivity index (χ0) is 8.81. The van der Waals surface area contributed by atoms with E-state index in [9.17, 15) is 4.79 Å². The third-order valence-corrected chi connectivity index (χ3v) is 2.99. The van der Waals surface area contributed by atoms with E-state index in [0.29, 0.717) is 0 Å². The van der Waals surface area contributed by atoms with Gasteiger partial charge in [0.25, 0.3) is 0 Å². The number of rotatable bonds is 4. The molecule has 1 aliphatic heterocycles. The molecule has 1 fully saturated rings. The number of carbonyl (C=O) groups is 1. The molecule has 0 saturated carbocycles. The third kappa shape index (κ3) is 2.79. The zero-order valence-electron chi connectivity index (χ0n) is 7.66. The van der Waals surface area contributed by atoms with E-state index in [2.05, 4.69) is 11.2 Å². The van der Waals surface area contributed by atoms with E-state index in [0.717, 1.165) is 31.5 Å². The standard InChI is InChI=1S/C9H17NOS/c1-12-7-6-10-5-3-2-4-9(10)8-11/h8-9H,2-7H2,1H3. The first-order valence-electron chi connectivity index (χ1n) is 4.56. The lowest BCUT2D eigenvalue weighted by molar-refractivity contribution is -0.113. The van der Waals surface area contributed by atoms with Gasteiger partial charge in [-0.3, -0.25) is 4.90 Å². The van der Waals surface area contributed by atoms with E-state index in [-0.39, 0.29) is 6.04 Å². The molecule has 1 atom stereocenters. The molecular weight excluding hydrogens is 170 g/mol. The molecule has 12 heavy (non-hydrogen) atoms. The van der Waals surface area contributed by atoms with Crippen molar-refractivity contribution in [3.63, 3.8) is 0 Å². The van der Waals surface area contributed by atoms with Crippen molar-refractivity contribution >= 4 is 18.0 Å². The van der Waals surface area contributed by atoms with Gasteiger partial charge in [-0.1, -0.05) is 6.42 Å². The van der Waals surface area contributed by atoms with Crippen LogP contribution in [0.15, 0.2) is 0 Å². The van der Waals surface area contributed by atoms with Crippen LogP contribution in [-0.2, 0) is 4.79 Å². The fourth-order valence-corrected chi connectivity index (χ4v) is 2.07. The molecule has 1 heterocycles. The van der Waals surface area contributed by atoms with Gasteiger partial charge in [0, 0.05) is 12.3 Å². The Morgan fingerprint density at radius 1 is 1.58 bits per heavy atom. The van der Waals surface area contributed by atoms with Gasteiger partial charge in [0.1, 0.15) is 6.29 Å². The molecule has 70 valence electrons. The van der Waals surface area contributed by atoms with Gasteiger partial charge in [-0.15, -0.1) is 0 Å². The van der Waals surface area contributed by atoms with Crippen LogP contribution in [0.3, 0.4) is 0 Å². The summed E-state index contributed by atoms with van der Waals surface area (Å²) in [5.41, 5.74) is 0. The Morgan fingerprint density at radius 3 is 3.08 bits per heavy atom. The van der Waals surface area contributed by atoms with Crippen molar-refractivity contribution in [1.82, 2.24) is 4.90 Å². The number of likely N-dealkylation sites (tertiary alicyclic amines) is 1. The minimum Gasteiger partial charge on any atom is -0.302 e. The molecule has 1 rings (SSSR count). The van der Waals surface area contributed by atoms with Gasteiger partial charge in [-0.25, -0.2) is 0 Å². The van der Waals surface area contributed by atoms with Crippen LogP contribution in [0.4, 0.5) is 0 Å². The van der Waals surface area contributed by atoms with Crippen molar-refractivity contribution in [2.24, 2.45) is 0 Å². The maximum atomic E-state index is 10.7. The summed E-state index contributed by atoms with van der Waals surface area (Å²) in [6.07, 6.45) is 6.77. The number of carbonyl (C=O) groups excluding carboxylic acids is 1. The first-order chi connectivity index (χ1) is 5.88. The maximum Gasteiger partial charge on any atom is 0.137 e. The van der Waals surface area contributed by atoms with Crippen LogP contribution in [0.2, 0.25) is 0 Å². The van der Waals surface area contributed by atoms with E-state index in [1.807, 2.05) is 11.8 Å². The fourth-order valence-electron chi connectivity index (χ4n) is 1.66. The molecule has 0 radical (unpaired) electrons. The van der Waals surface area contributed by atoms with Crippen molar-refractivity contribution in [1.29, 1.82) is 0 Å². The molecule has 0 aromatic rings. The van der Waals surface area contributed by atoms with Crippen molar-refractivity contribution in [3.05, 3.63) is 0 Å². The van der Waals surface area contributed by atoms with Crippen molar-refractivity contribution in [2.45, 2.75) is 25.3 Å². The number of nitrogens with zero attached hydrogens (tertiary/aromatic N) is 1. The summed E-state index contributed by atoms with van der Waals surface area (Å²) in [6, 6.07) is 0.214. The molecule has 0 N–H and O–H groups in total. The SMILES string of the molecule is CSCCN1CCCCC1C=O. The van der Waals surface area contributed by atoms with E-state index in [4.69, 9.17) is 0 Å². The van der Waals surface area contributed by atoms with Crippen LogP contribution in [-0.4, -0.2) is 42.3 Å². The molecule has 0 bridgehead atoms. The summed E-state index contributed by atoms with van der Waals surface area (Å²) in [5.74, 6) is 1.14. The van der Waals surface area contributed by atoms with Gasteiger partial charge in [-0.05, 0) is 25.6 Å². The number of hydrogen-bond donors (Lipinski definition) is 0. The van der Waals surface area contributed by atoms with Gasteiger partial charge >= 0.3 is 0 Å². The van der Waals surface area contributed by atoms with Gasteiger partial charge < -0.3 is 4.79 Å². The number of hydrogen-bond acceptors (Lipinski definition) is 3. The minimum absolute atomic E-state index is 0.214. The molecule has 1 saturated heterocycles. The van der Waals surface area contributed by atoms with E-state index in [1.165, 1.54) is 12.8 Å². The van der Waals surface area contributed by atoms with Gasteiger partial charge in [0.15, 0.2) is 0 Å². The predicted molar refractivity (Wildman–Crippen MR) is 53.7 cm³/mol. The monoisotopic (exact) mass is 187 g/mol. The molecule has 0 aromatic carbocycles. The van der Waals surface area contributed by atoms with Crippen LogP contribution in [0.25, 0.3) is 0 Å². The van der Waals surface area contributed by atoms with Gasteiger partial charge in [0.05, 0.1) is 6.04 Å². The summed E-state index contributed by atoms with van der Waals surface area (Å²) in [5, 5.41) is 0. The lowest BCUT2D eigenvalue weighted by Gasteiger charge is -2.31. The fraction of sp³-hybridized carbons (Fsp3) is 0.889. The van der Waals surface area contributed by atoms with Crippen LogP contribution in [0.5, 0.6) is 0 Å². The zero-order valence-corrected chi connectivity index (χ0v) is 8.48. The molecule has 1 unspecified atom stereocenters. The topological polar surface area (TPSA) is 20.3 Å². The van der Waals surface area contributed by atoms with Crippen molar-refractivity contribution < 1.29 is 4.79 Å². The van der Waals surface area contributed by atoms with Gasteiger partial charge in [0.2, 0.25) is 0 Å². The molecular formula is C9H17NOS. The lowest BCUT2D eigenvalue weighted by Crippen LogP contribution is -2.41. The number of piperidine rings is 1. The normalized spacial score (nSPS) is 25.6. The highest BCUT2D eigenvalue weighted by molar-refractivity contribution is 7.98. The van der Waals surface area contributed by atoms with Gasteiger partial charge in [-0.2, -0.15) is 11.8 Å². The van der Waals surface area contributed by atoms with Crippen LogP contribution in [0.1, 0.15) is 19.3 Å². The second kappa shape index (κ2) is 5.60. The Hall–Kier alpha value is -0.0200. The van der Waals surface area contributed by atoms with E-state index in [1.54, 1.807) is 0 Å². The Labute approximate surface area is 78.7 Å². The Kier molecular flexibility index (Phi) is 4.69. The summed E-state index contributed by atoms with van der Waals surface area (Å²) < 4.78 is 0. The minimum atomic E-state index is 0.214. The Bertz CT molecular complexity index is 140. The summed E-state index contributed by atoms with van der Waals surface area (Å²) >= 11 is 1.85. The lowest BCUT2D eigenvalue weighted by atomic mass is 10.0. The largest absolute Gasteiger partial charge is 0.302 e. The first kappa shape index (κ1) is 10.1. The van der Waals surface area contributed by atoms with E-state index >= 15 is 0 Å². The second-order valence-electron chi connectivity index (χ2n) is 3.23. The highest BCUT2D eigenvalue weighted by Crippen LogP contribution is 2.15. The molecule has 0 amide bonds. The molecule has 1 aliphatic rings.